The van der Waals surface area contributed by atoms with Crippen LogP contribution in [-0.2, 0) is 10.2 Å². The minimum atomic E-state index is -0.458. The Labute approximate surface area is 130 Å². The van der Waals surface area contributed by atoms with Gasteiger partial charge in [0, 0.05) is 29.4 Å². The molecule has 2 fully saturated rings. The molecule has 0 aromatic heterocycles. The van der Waals surface area contributed by atoms with E-state index in [0.717, 1.165) is 56.5 Å². The van der Waals surface area contributed by atoms with Crippen LogP contribution in [0.25, 0.3) is 0 Å². The maximum absolute atomic E-state index is 10.9. The molecule has 1 N–H and O–H groups in total. The van der Waals surface area contributed by atoms with E-state index in [2.05, 4.69) is 4.90 Å². The van der Waals surface area contributed by atoms with E-state index < -0.39 is 6.23 Å². The van der Waals surface area contributed by atoms with Crippen LogP contribution in [0.15, 0.2) is 24.3 Å². The van der Waals surface area contributed by atoms with Gasteiger partial charge in [-0.2, -0.15) is 0 Å². The first-order valence-electron chi connectivity index (χ1n) is 7.79. The van der Waals surface area contributed by atoms with Crippen molar-refractivity contribution in [3.8, 4) is 0 Å². The number of carbonyl (C=O) groups excluding carboxylic acids is 1. The third kappa shape index (κ3) is 2.75. The lowest BCUT2D eigenvalue weighted by Crippen LogP contribution is -2.56. The summed E-state index contributed by atoms with van der Waals surface area (Å²) in [5.41, 5.74) is 1.03. The fourth-order valence-electron chi connectivity index (χ4n) is 3.69. The van der Waals surface area contributed by atoms with Crippen LogP contribution in [-0.4, -0.2) is 35.6 Å². The summed E-state index contributed by atoms with van der Waals surface area (Å²) in [6, 6.07) is 7.90. The molecule has 1 saturated heterocycles. The van der Waals surface area contributed by atoms with Gasteiger partial charge in [0.25, 0.3) is 0 Å². The Balaban J connectivity index is 1.76. The van der Waals surface area contributed by atoms with Gasteiger partial charge in [-0.25, -0.2) is 0 Å². The standard InChI is InChI=1S/C17H22ClNO2/c18-15-4-2-14(3-5-15)17(8-1-9-17)16(21)19-10-6-13(12-20)7-11-19/h2-5,12-13,16,21H,1,6-11H2. The number of carbonyl (C=O) groups is 1. The largest absolute Gasteiger partial charge is 0.377 e. The summed E-state index contributed by atoms with van der Waals surface area (Å²) in [7, 11) is 0. The minimum Gasteiger partial charge on any atom is -0.377 e. The number of aldehydes is 1. The first-order chi connectivity index (χ1) is 10.2. The molecule has 1 aromatic rings. The molecule has 1 aliphatic heterocycles. The Bertz CT molecular complexity index is 490. The van der Waals surface area contributed by atoms with Crippen LogP contribution in [0.4, 0.5) is 0 Å². The van der Waals surface area contributed by atoms with Gasteiger partial charge >= 0.3 is 0 Å². The van der Waals surface area contributed by atoms with E-state index in [1.807, 2.05) is 24.3 Å². The van der Waals surface area contributed by atoms with Gasteiger partial charge in [-0.15, -0.1) is 0 Å². The average Bonchev–Trinajstić information content (AvgIpc) is 2.48. The van der Waals surface area contributed by atoms with Crippen LogP contribution in [0.3, 0.4) is 0 Å². The molecule has 1 heterocycles. The number of nitrogens with zero attached hydrogens (tertiary/aromatic N) is 1. The van der Waals surface area contributed by atoms with E-state index in [-0.39, 0.29) is 11.3 Å². The van der Waals surface area contributed by atoms with E-state index in [4.69, 9.17) is 11.6 Å². The number of benzene rings is 1. The van der Waals surface area contributed by atoms with Crippen LogP contribution in [0, 0.1) is 5.92 Å². The summed E-state index contributed by atoms with van der Waals surface area (Å²) >= 11 is 5.98. The molecule has 0 spiro atoms. The number of halogens is 1. The van der Waals surface area contributed by atoms with E-state index in [0.29, 0.717) is 0 Å². The minimum absolute atomic E-state index is 0.154. The van der Waals surface area contributed by atoms with Gasteiger partial charge in [0.15, 0.2) is 0 Å². The molecule has 4 heteroatoms. The molecule has 2 aliphatic rings. The normalized spacial score (nSPS) is 24.3. The quantitative estimate of drug-likeness (QED) is 0.869. The van der Waals surface area contributed by atoms with Gasteiger partial charge in [0.1, 0.15) is 12.5 Å². The van der Waals surface area contributed by atoms with Crippen LogP contribution >= 0.6 is 11.6 Å². The van der Waals surface area contributed by atoms with E-state index in [1.165, 1.54) is 5.56 Å². The van der Waals surface area contributed by atoms with Crippen molar-refractivity contribution < 1.29 is 9.90 Å². The van der Waals surface area contributed by atoms with Crippen molar-refractivity contribution in [1.29, 1.82) is 0 Å². The molecule has 0 amide bonds. The first-order valence-corrected chi connectivity index (χ1v) is 8.17. The molecule has 1 atom stereocenters. The first kappa shape index (κ1) is 15.0. The Hall–Kier alpha value is -0.900. The second-order valence-electron chi connectivity index (χ2n) is 6.40. The lowest BCUT2D eigenvalue weighted by Gasteiger charge is -2.50. The van der Waals surface area contributed by atoms with E-state index in [1.54, 1.807) is 0 Å². The molecule has 1 aromatic carbocycles. The third-order valence-electron chi connectivity index (χ3n) is 5.27. The Morgan fingerprint density at radius 3 is 2.33 bits per heavy atom. The number of likely N-dealkylation sites (tertiary alicyclic amines) is 1. The number of piperidine rings is 1. The maximum Gasteiger partial charge on any atom is 0.123 e. The maximum atomic E-state index is 10.9. The molecule has 1 unspecified atom stereocenters. The highest BCUT2D eigenvalue weighted by atomic mass is 35.5. The van der Waals surface area contributed by atoms with Crippen molar-refractivity contribution in [1.82, 2.24) is 4.90 Å². The SMILES string of the molecule is O=CC1CCN(C(O)C2(c3ccc(Cl)cc3)CCC2)CC1. The summed E-state index contributed by atoms with van der Waals surface area (Å²) in [5, 5.41) is 11.7. The van der Waals surface area contributed by atoms with Crippen LogP contribution < -0.4 is 0 Å². The molecule has 0 bridgehead atoms. The van der Waals surface area contributed by atoms with E-state index in [9.17, 15) is 9.90 Å². The molecular weight excluding hydrogens is 286 g/mol. The molecule has 1 aliphatic carbocycles. The summed E-state index contributed by atoms with van der Waals surface area (Å²) in [6.45, 7) is 1.61. The highest BCUT2D eigenvalue weighted by Gasteiger charge is 2.47. The second kappa shape index (κ2) is 6.07. The molecule has 3 nitrogen and oxygen atoms in total. The Morgan fingerprint density at radius 1 is 1.24 bits per heavy atom. The number of aliphatic hydroxyl groups excluding tert-OH is 1. The average molecular weight is 308 g/mol. The highest BCUT2D eigenvalue weighted by Crippen LogP contribution is 2.48. The Morgan fingerprint density at radius 2 is 1.86 bits per heavy atom. The zero-order valence-corrected chi connectivity index (χ0v) is 12.9. The molecule has 3 rings (SSSR count). The highest BCUT2D eigenvalue weighted by molar-refractivity contribution is 6.30. The molecule has 0 radical (unpaired) electrons. The predicted octanol–water partition coefficient (Wildman–Crippen LogP) is 2.99. The van der Waals surface area contributed by atoms with Crippen molar-refractivity contribution in [2.45, 2.75) is 43.7 Å². The zero-order chi connectivity index (χ0) is 14.9. The van der Waals surface area contributed by atoms with Gasteiger partial charge in [-0.1, -0.05) is 30.2 Å². The smallest absolute Gasteiger partial charge is 0.123 e. The Kier molecular flexibility index (Phi) is 4.34. The topological polar surface area (TPSA) is 40.5 Å². The van der Waals surface area contributed by atoms with Gasteiger partial charge in [-0.05, 0) is 43.4 Å². The van der Waals surface area contributed by atoms with Gasteiger partial charge in [0.2, 0.25) is 0 Å². The number of aliphatic hydroxyl groups is 1. The lowest BCUT2D eigenvalue weighted by molar-refractivity contribution is -0.118. The summed E-state index contributed by atoms with van der Waals surface area (Å²) < 4.78 is 0. The number of rotatable bonds is 4. The lowest BCUT2D eigenvalue weighted by atomic mass is 9.62. The van der Waals surface area contributed by atoms with Gasteiger partial charge in [0.05, 0.1) is 0 Å². The number of hydrogen-bond donors (Lipinski definition) is 1. The predicted molar refractivity (Wildman–Crippen MR) is 83.3 cm³/mol. The number of hydrogen-bond acceptors (Lipinski definition) is 3. The van der Waals surface area contributed by atoms with Gasteiger partial charge < -0.3 is 9.90 Å². The summed E-state index contributed by atoms with van der Waals surface area (Å²) in [4.78, 5) is 13.0. The molecule has 1 saturated carbocycles. The van der Waals surface area contributed by atoms with Crippen molar-refractivity contribution >= 4 is 17.9 Å². The van der Waals surface area contributed by atoms with Crippen molar-refractivity contribution in [3.05, 3.63) is 34.9 Å². The zero-order valence-electron chi connectivity index (χ0n) is 12.2. The molecular formula is C17H22ClNO2. The molecule has 21 heavy (non-hydrogen) atoms. The monoisotopic (exact) mass is 307 g/mol. The van der Waals surface area contributed by atoms with Crippen molar-refractivity contribution in [2.75, 3.05) is 13.1 Å². The summed E-state index contributed by atoms with van der Waals surface area (Å²) in [6.07, 6.45) is 5.51. The summed E-state index contributed by atoms with van der Waals surface area (Å²) in [5.74, 6) is 0.168. The van der Waals surface area contributed by atoms with Crippen molar-refractivity contribution in [2.24, 2.45) is 5.92 Å². The second-order valence-corrected chi connectivity index (χ2v) is 6.84. The van der Waals surface area contributed by atoms with Gasteiger partial charge in [-0.3, -0.25) is 4.90 Å². The van der Waals surface area contributed by atoms with Crippen LogP contribution in [0.5, 0.6) is 0 Å². The van der Waals surface area contributed by atoms with Crippen molar-refractivity contribution in [3.63, 3.8) is 0 Å². The van der Waals surface area contributed by atoms with E-state index >= 15 is 0 Å². The third-order valence-corrected chi connectivity index (χ3v) is 5.52. The fraction of sp³-hybridized carbons (Fsp3) is 0.588. The van der Waals surface area contributed by atoms with Crippen LogP contribution in [0.2, 0.25) is 5.02 Å². The fourth-order valence-corrected chi connectivity index (χ4v) is 3.81. The molecule has 114 valence electrons. The van der Waals surface area contributed by atoms with Crippen LogP contribution in [0.1, 0.15) is 37.7 Å².